The summed E-state index contributed by atoms with van der Waals surface area (Å²) < 4.78 is 1.63. The number of hydrogen-bond acceptors (Lipinski definition) is 2. The average molecular weight is 345 g/mol. The highest BCUT2D eigenvalue weighted by Gasteiger charge is 2.11. The van der Waals surface area contributed by atoms with Crippen LogP contribution >= 0.6 is 38.9 Å². The highest BCUT2D eigenvalue weighted by atomic mass is 79.9. The fourth-order valence-electron chi connectivity index (χ4n) is 1.60. The Hall–Kier alpha value is -0.840. The molecule has 18 heavy (non-hydrogen) atoms. The zero-order valence-corrected chi connectivity index (χ0v) is 12.8. The fraction of sp³-hybridized carbons (Fsp3) is 0.154. The molecule has 5 heteroatoms. The van der Waals surface area contributed by atoms with Crippen molar-refractivity contribution >= 4 is 50.5 Å². The first-order valence-corrected chi connectivity index (χ1v) is 7.44. The van der Waals surface area contributed by atoms with Crippen LogP contribution in [0.15, 0.2) is 34.8 Å². The minimum atomic E-state index is -0.121. The molecule has 2 aromatic rings. The van der Waals surface area contributed by atoms with Crippen molar-refractivity contribution in [1.82, 2.24) is 0 Å². The Morgan fingerprint density at radius 3 is 2.78 bits per heavy atom. The van der Waals surface area contributed by atoms with Gasteiger partial charge in [-0.1, -0.05) is 34.5 Å². The van der Waals surface area contributed by atoms with E-state index in [-0.39, 0.29) is 5.91 Å². The van der Waals surface area contributed by atoms with Crippen LogP contribution < -0.4 is 5.32 Å². The van der Waals surface area contributed by atoms with E-state index >= 15 is 0 Å². The van der Waals surface area contributed by atoms with Crippen molar-refractivity contribution in [3.8, 4) is 0 Å². The Bertz CT molecular complexity index is 582. The first-order chi connectivity index (χ1) is 8.60. The standard InChI is InChI=1S/C13H11BrClNOS/c1-2-8-7-9(14)3-4-10(8)16-13(17)11-5-6-12(15)18-11/h3-7H,2H2,1H3,(H,16,17). The number of hydrogen-bond donors (Lipinski definition) is 1. The number of halogens is 2. The van der Waals surface area contributed by atoms with Crippen molar-refractivity contribution in [1.29, 1.82) is 0 Å². The van der Waals surface area contributed by atoms with E-state index < -0.39 is 0 Å². The number of anilines is 1. The Balaban J connectivity index is 2.21. The monoisotopic (exact) mass is 343 g/mol. The molecule has 1 aromatic heterocycles. The molecule has 0 saturated carbocycles. The van der Waals surface area contributed by atoms with Gasteiger partial charge >= 0.3 is 0 Å². The molecule has 0 fully saturated rings. The summed E-state index contributed by atoms with van der Waals surface area (Å²) in [5, 5.41) is 2.91. The van der Waals surface area contributed by atoms with Gasteiger partial charge in [0.1, 0.15) is 0 Å². The van der Waals surface area contributed by atoms with Gasteiger partial charge in [-0.3, -0.25) is 4.79 Å². The zero-order valence-electron chi connectivity index (χ0n) is 9.67. The number of thiophene rings is 1. The van der Waals surface area contributed by atoms with Crippen LogP contribution in [0.1, 0.15) is 22.2 Å². The maximum Gasteiger partial charge on any atom is 0.265 e. The molecular weight excluding hydrogens is 334 g/mol. The number of rotatable bonds is 3. The molecule has 1 amide bonds. The van der Waals surface area contributed by atoms with E-state index in [1.165, 1.54) is 11.3 Å². The molecule has 1 aromatic carbocycles. The number of benzene rings is 1. The molecule has 1 heterocycles. The van der Waals surface area contributed by atoms with Gasteiger partial charge < -0.3 is 5.32 Å². The number of amides is 1. The minimum Gasteiger partial charge on any atom is -0.321 e. The van der Waals surface area contributed by atoms with Gasteiger partial charge in [-0.05, 0) is 42.3 Å². The molecule has 0 aliphatic rings. The van der Waals surface area contributed by atoms with Crippen molar-refractivity contribution < 1.29 is 4.79 Å². The van der Waals surface area contributed by atoms with Crippen LogP contribution in [0.3, 0.4) is 0 Å². The molecule has 94 valence electrons. The van der Waals surface area contributed by atoms with Gasteiger partial charge in [-0.15, -0.1) is 11.3 Å². The van der Waals surface area contributed by atoms with Crippen LogP contribution in [0.25, 0.3) is 0 Å². The Labute approximate surface area is 123 Å². The van der Waals surface area contributed by atoms with Gasteiger partial charge in [-0.25, -0.2) is 0 Å². The summed E-state index contributed by atoms with van der Waals surface area (Å²) in [6, 6.07) is 9.28. The predicted octanol–water partition coefficient (Wildman–Crippen LogP) is 4.98. The third-order valence-electron chi connectivity index (χ3n) is 2.49. The van der Waals surface area contributed by atoms with E-state index in [0.717, 1.165) is 22.1 Å². The molecule has 0 bridgehead atoms. The summed E-state index contributed by atoms with van der Waals surface area (Å²) in [5.74, 6) is -0.121. The number of nitrogens with one attached hydrogen (secondary N) is 1. The van der Waals surface area contributed by atoms with Crippen molar-refractivity contribution in [3.63, 3.8) is 0 Å². The predicted molar refractivity (Wildman–Crippen MR) is 80.8 cm³/mol. The van der Waals surface area contributed by atoms with Gasteiger partial charge in [0, 0.05) is 10.2 Å². The maximum absolute atomic E-state index is 12.0. The summed E-state index contributed by atoms with van der Waals surface area (Å²) in [6.45, 7) is 2.05. The van der Waals surface area contributed by atoms with Crippen LogP contribution in [0.5, 0.6) is 0 Å². The number of aryl methyl sites for hydroxylation is 1. The zero-order chi connectivity index (χ0) is 13.1. The molecule has 2 nitrogen and oxygen atoms in total. The SMILES string of the molecule is CCc1cc(Br)ccc1NC(=O)c1ccc(Cl)s1. The van der Waals surface area contributed by atoms with E-state index in [9.17, 15) is 4.79 Å². The van der Waals surface area contributed by atoms with Crippen molar-refractivity contribution in [3.05, 3.63) is 49.6 Å². The molecule has 0 spiro atoms. The summed E-state index contributed by atoms with van der Waals surface area (Å²) in [4.78, 5) is 12.6. The number of carbonyl (C=O) groups is 1. The summed E-state index contributed by atoms with van der Waals surface area (Å²) in [6.07, 6.45) is 0.861. The molecular formula is C13H11BrClNOS. The largest absolute Gasteiger partial charge is 0.321 e. The topological polar surface area (TPSA) is 29.1 Å². The lowest BCUT2D eigenvalue weighted by molar-refractivity contribution is 0.103. The molecule has 0 aliphatic carbocycles. The van der Waals surface area contributed by atoms with Gasteiger partial charge in [0.05, 0.1) is 9.21 Å². The summed E-state index contributed by atoms with van der Waals surface area (Å²) >= 11 is 10.5. The van der Waals surface area contributed by atoms with Gasteiger partial charge in [0.25, 0.3) is 5.91 Å². The first-order valence-electron chi connectivity index (χ1n) is 5.45. The second-order valence-electron chi connectivity index (χ2n) is 3.71. The molecule has 0 aliphatic heterocycles. The lowest BCUT2D eigenvalue weighted by Crippen LogP contribution is -2.11. The maximum atomic E-state index is 12.0. The van der Waals surface area contributed by atoms with E-state index in [2.05, 4.69) is 28.2 Å². The molecule has 1 N–H and O–H groups in total. The van der Waals surface area contributed by atoms with Gasteiger partial charge in [0.15, 0.2) is 0 Å². The molecule has 2 rings (SSSR count). The number of carbonyl (C=O) groups excluding carboxylic acids is 1. The molecule has 0 saturated heterocycles. The van der Waals surface area contributed by atoms with Gasteiger partial charge in [-0.2, -0.15) is 0 Å². The van der Waals surface area contributed by atoms with Crippen LogP contribution in [0, 0.1) is 0 Å². The minimum absolute atomic E-state index is 0.121. The van der Waals surface area contributed by atoms with E-state index in [4.69, 9.17) is 11.6 Å². The smallest absolute Gasteiger partial charge is 0.265 e. The summed E-state index contributed by atoms with van der Waals surface area (Å²) in [5.41, 5.74) is 1.94. The van der Waals surface area contributed by atoms with E-state index in [1.54, 1.807) is 12.1 Å². The Kier molecular flexibility index (Phi) is 4.43. The molecule has 0 radical (unpaired) electrons. The Morgan fingerprint density at radius 2 is 2.17 bits per heavy atom. The highest BCUT2D eigenvalue weighted by molar-refractivity contribution is 9.10. The third-order valence-corrected chi connectivity index (χ3v) is 4.22. The third kappa shape index (κ3) is 3.13. The van der Waals surface area contributed by atoms with Crippen LogP contribution in [-0.4, -0.2) is 5.91 Å². The first kappa shape index (κ1) is 13.6. The molecule has 0 unspecified atom stereocenters. The second-order valence-corrected chi connectivity index (χ2v) is 6.34. The second kappa shape index (κ2) is 5.87. The van der Waals surface area contributed by atoms with Crippen molar-refractivity contribution in [2.24, 2.45) is 0 Å². The van der Waals surface area contributed by atoms with Crippen molar-refractivity contribution in [2.45, 2.75) is 13.3 Å². The highest BCUT2D eigenvalue weighted by Crippen LogP contribution is 2.25. The van der Waals surface area contributed by atoms with E-state index in [0.29, 0.717) is 9.21 Å². The lowest BCUT2D eigenvalue weighted by atomic mass is 10.1. The van der Waals surface area contributed by atoms with Crippen LogP contribution in [0.2, 0.25) is 4.34 Å². The normalized spacial score (nSPS) is 10.4. The fourth-order valence-corrected chi connectivity index (χ4v) is 2.94. The summed E-state index contributed by atoms with van der Waals surface area (Å²) in [7, 11) is 0. The van der Waals surface area contributed by atoms with Gasteiger partial charge in [0.2, 0.25) is 0 Å². The average Bonchev–Trinajstić information content (AvgIpc) is 2.78. The van der Waals surface area contributed by atoms with Crippen LogP contribution in [0.4, 0.5) is 5.69 Å². The quantitative estimate of drug-likeness (QED) is 0.836. The Morgan fingerprint density at radius 1 is 1.39 bits per heavy atom. The lowest BCUT2D eigenvalue weighted by Gasteiger charge is -2.09. The van der Waals surface area contributed by atoms with Crippen molar-refractivity contribution in [2.75, 3.05) is 5.32 Å². The van der Waals surface area contributed by atoms with E-state index in [1.807, 2.05) is 18.2 Å². The van der Waals surface area contributed by atoms with Crippen LogP contribution in [-0.2, 0) is 6.42 Å². The molecule has 0 atom stereocenters.